The molecule has 1 aliphatic rings. The number of hydrogen-bond donors (Lipinski definition) is 0. The summed E-state index contributed by atoms with van der Waals surface area (Å²) in [7, 11) is 1.49. The van der Waals surface area contributed by atoms with Crippen molar-refractivity contribution in [2.75, 3.05) is 39.8 Å². The van der Waals surface area contributed by atoms with Gasteiger partial charge in [-0.15, -0.1) is 0 Å². The highest BCUT2D eigenvalue weighted by Crippen LogP contribution is 2.21. The number of methoxy groups -OCH3 is 1. The molecule has 1 aromatic rings. The summed E-state index contributed by atoms with van der Waals surface area (Å²) in [5.41, 5.74) is 0.301. The van der Waals surface area contributed by atoms with Gasteiger partial charge in [-0.3, -0.25) is 9.69 Å². The van der Waals surface area contributed by atoms with Crippen molar-refractivity contribution in [1.82, 2.24) is 9.80 Å². The first-order valence-corrected chi connectivity index (χ1v) is 7.36. The molecule has 21 heavy (non-hydrogen) atoms. The minimum Gasteiger partial charge on any atom is -0.496 e. The summed E-state index contributed by atoms with van der Waals surface area (Å²) in [4.78, 5) is 16.7. The zero-order valence-electron chi connectivity index (χ0n) is 12.9. The Morgan fingerprint density at radius 3 is 2.52 bits per heavy atom. The van der Waals surface area contributed by atoms with Crippen molar-refractivity contribution in [2.24, 2.45) is 5.92 Å². The maximum Gasteiger partial charge on any atom is 0.257 e. The number of benzene rings is 1. The van der Waals surface area contributed by atoms with Crippen LogP contribution in [0.2, 0.25) is 0 Å². The summed E-state index contributed by atoms with van der Waals surface area (Å²) in [6, 6.07) is 4.05. The second-order valence-corrected chi connectivity index (χ2v) is 5.83. The number of halogens is 1. The third kappa shape index (κ3) is 3.94. The van der Waals surface area contributed by atoms with Crippen molar-refractivity contribution in [2.45, 2.75) is 13.8 Å². The average molecular weight is 294 g/mol. The largest absolute Gasteiger partial charge is 0.496 e. The third-order valence-electron chi connectivity index (χ3n) is 3.67. The molecular formula is C16H23FN2O2. The molecule has 0 N–H and O–H groups in total. The molecular weight excluding hydrogens is 271 g/mol. The zero-order chi connectivity index (χ0) is 15.4. The first-order chi connectivity index (χ1) is 10.0. The van der Waals surface area contributed by atoms with Gasteiger partial charge in [0, 0.05) is 32.7 Å². The Bertz CT molecular complexity index is 497. The molecule has 1 saturated heterocycles. The lowest BCUT2D eigenvalue weighted by Crippen LogP contribution is -2.49. The smallest absolute Gasteiger partial charge is 0.257 e. The third-order valence-corrected chi connectivity index (χ3v) is 3.67. The summed E-state index contributed by atoms with van der Waals surface area (Å²) in [6.07, 6.45) is 0. The van der Waals surface area contributed by atoms with E-state index in [4.69, 9.17) is 4.74 Å². The molecule has 0 bridgehead atoms. The molecule has 0 unspecified atom stereocenters. The Morgan fingerprint density at radius 2 is 1.95 bits per heavy atom. The van der Waals surface area contributed by atoms with E-state index in [0.29, 0.717) is 30.3 Å². The van der Waals surface area contributed by atoms with Crippen LogP contribution in [-0.2, 0) is 0 Å². The molecule has 1 amide bonds. The van der Waals surface area contributed by atoms with Crippen LogP contribution >= 0.6 is 0 Å². The highest BCUT2D eigenvalue weighted by Gasteiger charge is 2.24. The zero-order valence-corrected chi connectivity index (χ0v) is 12.9. The van der Waals surface area contributed by atoms with Crippen LogP contribution in [0.1, 0.15) is 24.2 Å². The van der Waals surface area contributed by atoms with Gasteiger partial charge in [-0.1, -0.05) is 13.8 Å². The van der Waals surface area contributed by atoms with Gasteiger partial charge < -0.3 is 9.64 Å². The Morgan fingerprint density at radius 1 is 1.29 bits per heavy atom. The van der Waals surface area contributed by atoms with E-state index in [2.05, 4.69) is 18.7 Å². The Labute approximate surface area is 125 Å². The van der Waals surface area contributed by atoms with Gasteiger partial charge in [0.05, 0.1) is 12.7 Å². The second kappa shape index (κ2) is 6.89. The van der Waals surface area contributed by atoms with E-state index >= 15 is 0 Å². The van der Waals surface area contributed by atoms with Crippen molar-refractivity contribution in [3.8, 4) is 5.75 Å². The Kier molecular flexibility index (Phi) is 5.17. The van der Waals surface area contributed by atoms with E-state index in [0.717, 1.165) is 19.6 Å². The van der Waals surface area contributed by atoms with Crippen molar-refractivity contribution in [1.29, 1.82) is 0 Å². The molecule has 1 aliphatic heterocycles. The topological polar surface area (TPSA) is 32.8 Å². The molecule has 0 aliphatic carbocycles. The van der Waals surface area contributed by atoms with Gasteiger partial charge in [0.1, 0.15) is 11.6 Å². The van der Waals surface area contributed by atoms with Crippen LogP contribution in [0.4, 0.5) is 4.39 Å². The second-order valence-electron chi connectivity index (χ2n) is 5.83. The fraction of sp³-hybridized carbons (Fsp3) is 0.562. The van der Waals surface area contributed by atoms with Gasteiger partial charge in [0.25, 0.3) is 5.91 Å². The predicted molar refractivity (Wildman–Crippen MR) is 80.1 cm³/mol. The van der Waals surface area contributed by atoms with E-state index in [1.807, 2.05) is 0 Å². The number of hydrogen-bond acceptors (Lipinski definition) is 3. The van der Waals surface area contributed by atoms with Gasteiger partial charge in [-0.05, 0) is 24.1 Å². The predicted octanol–water partition coefficient (Wildman–Crippen LogP) is 2.25. The molecule has 1 aromatic carbocycles. The normalized spacial score (nSPS) is 16.3. The van der Waals surface area contributed by atoms with Crippen LogP contribution in [0.5, 0.6) is 5.75 Å². The summed E-state index contributed by atoms with van der Waals surface area (Å²) in [6.45, 7) is 8.50. The van der Waals surface area contributed by atoms with E-state index in [1.165, 1.54) is 25.3 Å². The highest BCUT2D eigenvalue weighted by atomic mass is 19.1. The maximum absolute atomic E-state index is 13.4. The molecule has 0 spiro atoms. The van der Waals surface area contributed by atoms with Crippen molar-refractivity contribution in [3.05, 3.63) is 29.6 Å². The van der Waals surface area contributed by atoms with Gasteiger partial charge >= 0.3 is 0 Å². The maximum atomic E-state index is 13.4. The van der Waals surface area contributed by atoms with Crippen molar-refractivity contribution in [3.63, 3.8) is 0 Å². The first kappa shape index (κ1) is 15.8. The quantitative estimate of drug-likeness (QED) is 0.854. The van der Waals surface area contributed by atoms with Crippen molar-refractivity contribution < 1.29 is 13.9 Å². The summed E-state index contributed by atoms with van der Waals surface area (Å²) in [5.74, 6) is 0.467. The minimum absolute atomic E-state index is 0.157. The molecule has 1 fully saturated rings. The standard InChI is InChI=1S/C16H23FN2O2/c1-12(2)11-18-6-8-19(9-7-18)16(20)14-10-13(17)4-5-15(14)21-3/h4-5,10,12H,6-9,11H2,1-3H3. The van der Waals surface area contributed by atoms with Gasteiger partial charge in [0.2, 0.25) is 0 Å². The van der Waals surface area contributed by atoms with Crippen LogP contribution in [0, 0.1) is 11.7 Å². The lowest BCUT2D eigenvalue weighted by atomic mass is 10.1. The number of rotatable bonds is 4. The molecule has 0 saturated carbocycles. The van der Waals surface area contributed by atoms with Gasteiger partial charge in [0.15, 0.2) is 0 Å². The highest BCUT2D eigenvalue weighted by molar-refractivity contribution is 5.97. The van der Waals surface area contributed by atoms with Crippen LogP contribution in [0.25, 0.3) is 0 Å². The SMILES string of the molecule is COc1ccc(F)cc1C(=O)N1CCN(CC(C)C)CC1. The van der Waals surface area contributed by atoms with E-state index in [1.54, 1.807) is 4.90 Å². The molecule has 1 heterocycles. The molecule has 4 nitrogen and oxygen atoms in total. The lowest BCUT2D eigenvalue weighted by molar-refractivity contribution is 0.0620. The fourth-order valence-electron chi connectivity index (χ4n) is 2.67. The molecule has 0 aromatic heterocycles. The Balaban J connectivity index is 2.03. The number of ether oxygens (including phenoxy) is 1. The molecule has 5 heteroatoms. The van der Waals surface area contributed by atoms with Crippen LogP contribution in [-0.4, -0.2) is 55.5 Å². The summed E-state index contributed by atoms with van der Waals surface area (Å²) in [5, 5.41) is 0. The van der Waals surface area contributed by atoms with E-state index in [9.17, 15) is 9.18 Å². The number of carbonyl (C=O) groups excluding carboxylic acids is 1. The van der Waals surface area contributed by atoms with Crippen LogP contribution < -0.4 is 4.74 Å². The molecule has 0 radical (unpaired) electrons. The minimum atomic E-state index is -0.419. The van der Waals surface area contributed by atoms with Gasteiger partial charge in [-0.2, -0.15) is 0 Å². The number of carbonyl (C=O) groups is 1. The lowest BCUT2D eigenvalue weighted by Gasteiger charge is -2.35. The molecule has 2 rings (SSSR count). The number of piperazine rings is 1. The van der Waals surface area contributed by atoms with Crippen LogP contribution in [0.15, 0.2) is 18.2 Å². The molecule has 0 atom stereocenters. The number of amides is 1. The van der Waals surface area contributed by atoms with E-state index in [-0.39, 0.29) is 5.91 Å². The summed E-state index contributed by atoms with van der Waals surface area (Å²) < 4.78 is 18.5. The average Bonchev–Trinajstić information content (AvgIpc) is 2.46. The van der Waals surface area contributed by atoms with E-state index < -0.39 is 5.82 Å². The van der Waals surface area contributed by atoms with Crippen LogP contribution in [0.3, 0.4) is 0 Å². The number of nitrogens with zero attached hydrogens (tertiary/aromatic N) is 2. The first-order valence-electron chi connectivity index (χ1n) is 7.36. The fourth-order valence-corrected chi connectivity index (χ4v) is 2.67. The van der Waals surface area contributed by atoms with Gasteiger partial charge in [-0.25, -0.2) is 4.39 Å². The monoisotopic (exact) mass is 294 g/mol. The van der Waals surface area contributed by atoms with Crippen molar-refractivity contribution >= 4 is 5.91 Å². The summed E-state index contributed by atoms with van der Waals surface area (Å²) >= 11 is 0. The Hall–Kier alpha value is -1.62. The molecule has 116 valence electrons.